The topological polar surface area (TPSA) is 76.5 Å². The molecule has 3 heterocycles. The maximum Gasteiger partial charge on any atom is 0.328 e. The number of aryl methyl sites for hydroxylation is 1. The molecule has 4 rings (SSSR count). The first kappa shape index (κ1) is 19.4. The van der Waals surface area contributed by atoms with E-state index in [0.717, 1.165) is 21.8 Å². The van der Waals surface area contributed by atoms with Gasteiger partial charge in [-0.1, -0.05) is 17.7 Å². The van der Waals surface area contributed by atoms with Gasteiger partial charge in [0.2, 0.25) is 5.96 Å². The van der Waals surface area contributed by atoms with Gasteiger partial charge in [-0.05, 0) is 45.4 Å². The number of carbonyl (C=O) groups is 3. The van der Waals surface area contributed by atoms with Crippen LogP contribution < -0.4 is 4.90 Å². The van der Waals surface area contributed by atoms with Gasteiger partial charge in [-0.2, -0.15) is 0 Å². The maximum absolute atomic E-state index is 13.2. The number of benzene rings is 1. The fourth-order valence-corrected chi connectivity index (χ4v) is 4.07. The summed E-state index contributed by atoms with van der Waals surface area (Å²) in [4.78, 5) is 48.7. The minimum Gasteiger partial charge on any atom is -0.302 e. The second-order valence-corrected chi connectivity index (χ2v) is 8.03. The lowest BCUT2D eigenvalue weighted by Crippen LogP contribution is -2.66. The zero-order chi connectivity index (χ0) is 21.2. The SMILES string of the molecule is CC(=O)C(C)N1C(=O)C2C(N=C3N(c4ccc(C)c(Cl)c4)C(C)=CN32)N(C)C1=O. The van der Waals surface area contributed by atoms with Crippen LogP contribution in [0.25, 0.3) is 0 Å². The van der Waals surface area contributed by atoms with E-state index in [1.54, 1.807) is 18.9 Å². The summed E-state index contributed by atoms with van der Waals surface area (Å²) in [5, 5.41) is 0.634. The van der Waals surface area contributed by atoms with Crippen LogP contribution in [0.5, 0.6) is 0 Å². The van der Waals surface area contributed by atoms with Crippen molar-refractivity contribution in [3.8, 4) is 0 Å². The van der Waals surface area contributed by atoms with Crippen molar-refractivity contribution in [2.24, 2.45) is 4.99 Å². The van der Waals surface area contributed by atoms with Gasteiger partial charge >= 0.3 is 6.03 Å². The number of aliphatic imine (C=N–C) groups is 1. The lowest BCUT2D eigenvalue weighted by Gasteiger charge is -2.41. The van der Waals surface area contributed by atoms with Crippen molar-refractivity contribution < 1.29 is 14.4 Å². The Morgan fingerprint density at radius 3 is 2.55 bits per heavy atom. The number of fused-ring (bicyclic) bond motifs is 3. The molecule has 3 unspecified atom stereocenters. The fraction of sp³-hybridized carbons (Fsp3) is 0.400. The zero-order valence-corrected chi connectivity index (χ0v) is 17.6. The van der Waals surface area contributed by atoms with Gasteiger partial charge in [-0.3, -0.25) is 19.4 Å². The van der Waals surface area contributed by atoms with Gasteiger partial charge in [-0.15, -0.1) is 0 Å². The van der Waals surface area contributed by atoms with Crippen molar-refractivity contribution in [1.29, 1.82) is 0 Å². The Balaban J connectivity index is 1.74. The molecule has 3 atom stereocenters. The molecule has 3 amide bonds. The van der Waals surface area contributed by atoms with E-state index in [-0.39, 0.29) is 5.78 Å². The van der Waals surface area contributed by atoms with Crippen LogP contribution in [0.1, 0.15) is 26.3 Å². The number of anilines is 1. The largest absolute Gasteiger partial charge is 0.328 e. The predicted octanol–water partition coefficient (Wildman–Crippen LogP) is 2.57. The molecule has 0 aliphatic carbocycles. The first-order valence-corrected chi connectivity index (χ1v) is 9.72. The number of amides is 3. The molecule has 0 radical (unpaired) electrons. The van der Waals surface area contributed by atoms with E-state index in [2.05, 4.69) is 0 Å². The van der Waals surface area contributed by atoms with Crippen molar-refractivity contribution in [2.75, 3.05) is 11.9 Å². The second kappa shape index (κ2) is 6.59. The third-order valence-corrected chi connectivity index (χ3v) is 6.13. The Morgan fingerprint density at radius 1 is 1.24 bits per heavy atom. The molecule has 29 heavy (non-hydrogen) atoms. The van der Waals surface area contributed by atoms with E-state index >= 15 is 0 Å². The van der Waals surface area contributed by atoms with Gasteiger partial charge in [0.25, 0.3) is 5.91 Å². The Hall–Kier alpha value is -2.87. The van der Waals surface area contributed by atoms with Crippen LogP contribution in [-0.2, 0) is 9.59 Å². The predicted molar refractivity (Wildman–Crippen MR) is 109 cm³/mol. The highest BCUT2D eigenvalue weighted by atomic mass is 35.5. The van der Waals surface area contributed by atoms with E-state index in [1.807, 2.05) is 43.1 Å². The van der Waals surface area contributed by atoms with Gasteiger partial charge in [-0.25, -0.2) is 9.79 Å². The number of rotatable bonds is 3. The van der Waals surface area contributed by atoms with Crippen molar-refractivity contribution in [1.82, 2.24) is 14.7 Å². The third-order valence-electron chi connectivity index (χ3n) is 5.72. The molecule has 3 aliphatic rings. The Labute approximate surface area is 174 Å². The molecular formula is C20H22ClN5O3. The number of hydrogen-bond donors (Lipinski definition) is 0. The number of Topliss-reactive ketones (excluding diaryl/α,β-unsaturated/α-hetero) is 1. The first-order valence-electron chi connectivity index (χ1n) is 9.34. The van der Waals surface area contributed by atoms with Gasteiger partial charge in [0, 0.05) is 24.0 Å². The number of hydrogen-bond acceptors (Lipinski definition) is 6. The number of urea groups is 1. The van der Waals surface area contributed by atoms with Gasteiger partial charge in [0.15, 0.2) is 18.0 Å². The highest BCUT2D eigenvalue weighted by molar-refractivity contribution is 6.31. The smallest absolute Gasteiger partial charge is 0.302 e. The van der Waals surface area contributed by atoms with E-state index in [0.29, 0.717) is 11.0 Å². The zero-order valence-electron chi connectivity index (χ0n) is 16.9. The molecule has 0 bridgehead atoms. The summed E-state index contributed by atoms with van der Waals surface area (Å²) in [6.45, 7) is 6.78. The Morgan fingerprint density at radius 2 is 1.93 bits per heavy atom. The van der Waals surface area contributed by atoms with Crippen LogP contribution in [0.4, 0.5) is 10.5 Å². The molecule has 9 heteroatoms. The average Bonchev–Trinajstić information content (AvgIpc) is 3.17. The van der Waals surface area contributed by atoms with Gasteiger partial charge in [0.1, 0.15) is 0 Å². The lowest BCUT2D eigenvalue weighted by atomic mass is 10.1. The minimum atomic E-state index is -0.831. The van der Waals surface area contributed by atoms with E-state index < -0.39 is 30.2 Å². The average molecular weight is 416 g/mol. The summed E-state index contributed by atoms with van der Waals surface area (Å²) < 4.78 is 0. The van der Waals surface area contributed by atoms with Crippen molar-refractivity contribution >= 4 is 41.0 Å². The summed E-state index contributed by atoms with van der Waals surface area (Å²) in [5.41, 5.74) is 2.66. The van der Waals surface area contributed by atoms with E-state index in [1.165, 1.54) is 11.8 Å². The summed E-state index contributed by atoms with van der Waals surface area (Å²) in [6, 6.07) is 3.65. The molecule has 3 aliphatic heterocycles. The fourth-order valence-electron chi connectivity index (χ4n) is 3.89. The molecule has 1 fully saturated rings. The van der Waals surface area contributed by atoms with E-state index in [9.17, 15) is 14.4 Å². The molecule has 0 aromatic heterocycles. The van der Waals surface area contributed by atoms with Crippen LogP contribution in [0.3, 0.4) is 0 Å². The second-order valence-electron chi connectivity index (χ2n) is 7.62. The Bertz CT molecular complexity index is 1000. The van der Waals surface area contributed by atoms with Gasteiger partial charge in [0.05, 0.1) is 11.7 Å². The molecule has 8 nitrogen and oxygen atoms in total. The van der Waals surface area contributed by atoms with Crippen LogP contribution in [-0.4, -0.2) is 63.7 Å². The summed E-state index contributed by atoms with van der Waals surface area (Å²) in [6.07, 6.45) is 1.18. The molecule has 0 N–H and O–H groups in total. The molecule has 152 valence electrons. The molecular weight excluding hydrogens is 394 g/mol. The van der Waals surface area contributed by atoms with Crippen LogP contribution in [0, 0.1) is 6.92 Å². The van der Waals surface area contributed by atoms with Crippen molar-refractivity contribution in [3.05, 3.63) is 40.7 Å². The minimum absolute atomic E-state index is 0.248. The molecule has 1 aromatic carbocycles. The summed E-state index contributed by atoms with van der Waals surface area (Å²) in [5.74, 6) is -0.114. The number of nitrogens with zero attached hydrogens (tertiary/aromatic N) is 5. The molecule has 1 saturated heterocycles. The third kappa shape index (κ3) is 2.73. The lowest BCUT2D eigenvalue weighted by molar-refractivity contribution is -0.142. The maximum atomic E-state index is 13.2. The van der Waals surface area contributed by atoms with Crippen LogP contribution >= 0.6 is 11.6 Å². The number of imide groups is 1. The van der Waals surface area contributed by atoms with Crippen molar-refractivity contribution in [2.45, 2.75) is 45.9 Å². The van der Waals surface area contributed by atoms with E-state index in [4.69, 9.17) is 16.6 Å². The number of likely N-dealkylation sites (N-methyl/N-ethyl adjacent to an activating group) is 1. The monoisotopic (exact) mass is 415 g/mol. The normalized spacial score (nSPS) is 24.5. The Kier molecular flexibility index (Phi) is 4.42. The highest BCUT2D eigenvalue weighted by Crippen LogP contribution is 2.37. The van der Waals surface area contributed by atoms with Gasteiger partial charge < -0.3 is 9.80 Å². The molecule has 0 saturated carbocycles. The molecule has 0 spiro atoms. The quantitative estimate of drug-likeness (QED) is 0.758. The highest BCUT2D eigenvalue weighted by Gasteiger charge is 2.55. The van der Waals surface area contributed by atoms with Crippen molar-refractivity contribution in [3.63, 3.8) is 0 Å². The number of carbonyl (C=O) groups excluding carboxylic acids is 3. The first-order chi connectivity index (χ1) is 13.6. The summed E-state index contributed by atoms with van der Waals surface area (Å²) >= 11 is 6.31. The van der Waals surface area contributed by atoms with Crippen LogP contribution in [0.2, 0.25) is 5.02 Å². The number of ketones is 1. The number of guanidine groups is 1. The number of halogens is 1. The molecule has 1 aromatic rings. The summed E-state index contributed by atoms with van der Waals surface area (Å²) in [7, 11) is 1.60. The standard InChI is InChI=1S/C20H22ClN5O3/c1-10-6-7-14(8-15(10)21)25-11(2)9-24-16-17(22-19(24)25)23(5)20(29)26(18(16)28)12(3)13(4)27/h6-9,12,16-17H,1-5H3. The van der Waals surface area contributed by atoms with Crippen LogP contribution in [0.15, 0.2) is 35.1 Å². The number of allylic oxidation sites excluding steroid dienone is 1.